The minimum absolute atomic E-state index is 0.315. The molecule has 1 heterocycles. The summed E-state index contributed by atoms with van der Waals surface area (Å²) in [5, 5.41) is 0. The van der Waals surface area contributed by atoms with E-state index in [1.165, 1.54) is 18.0 Å². The van der Waals surface area contributed by atoms with E-state index >= 15 is 0 Å². The van der Waals surface area contributed by atoms with Crippen molar-refractivity contribution in [1.82, 2.24) is 4.98 Å². The zero-order valence-electron chi connectivity index (χ0n) is 11.1. The zero-order chi connectivity index (χ0) is 15.0. The molecular weight excluding hydrogens is 324 g/mol. The van der Waals surface area contributed by atoms with Gasteiger partial charge in [0.05, 0.1) is 20.8 Å². The Morgan fingerprint density at radius 2 is 1.86 bits per heavy atom. The molecule has 0 aliphatic rings. The smallest absolute Gasteiger partial charge is 0.175 e. The van der Waals surface area contributed by atoms with Crippen molar-refractivity contribution in [2.75, 3.05) is 12.0 Å². The first-order chi connectivity index (χ1) is 9.95. The number of hydrogen-bond acceptors (Lipinski definition) is 6. The molecule has 0 aliphatic heterocycles. The number of benzene rings is 2. The van der Waals surface area contributed by atoms with Crippen LogP contribution in [0.25, 0.3) is 10.2 Å². The van der Waals surface area contributed by atoms with Crippen molar-refractivity contribution in [3.05, 3.63) is 41.9 Å². The van der Waals surface area contributed by atoms with Gasteiger partial charge < -0.3 is 5.73 Å². The summed E-state index contributed by atoms with van der Waals surface area (Å²) < 4.78 is 23.9. The molecule has 0 spiro atoms. The van der Waals surface area contributed by atoms with E-state index in [0.29, 0.717) is 10.6 Å². The molecule has 3 rings (SSSR count). The van der Waals surface area contributed by atoms with Gasteiger partial charge in [0.1, 0.15) is 5.52 Å². The van der Waals surface area contributed by atoms with Crippen molar-refractivity contribution in [1.29, 1.82) is 0 Å². The third-order valence-corrected chi connectivity index (χ3v) is 5.99. The Balaban J connectivity index is 1.93. The number of anilines is 1. The van der Waals surface area contributed by atoms with E-state index in [0.717, 1.165) is 20.0 Å². The van der Waals surface area contributed by atoms with E-state index in [-0.39, 0.29) is 0 Å². The first-order valence-corrected chi connectivity index (χ1v) is 9.63. The van der Waals surface area contributed by atoms with Crippen LogP contribution in [0, 0.1) is 0 Å². The van der Waals surface area contributed by atoms with Crippen LogP contribution < -0.4 is 5.73 Å². The number of hydrogen-bond donors (Lipinski definition) is 1. The molecule has 4 nitrogen and oxygen atoms in total. The van der Waals surface area contributed by atoms with Crippen LogP contribution in [-0.2, 0) is 9.84 Å². The molecule has 0 fully saturated rings. The second-order valence-electron chi connectivity index (χ2n) is 4.52. The SMILES string of the molecule is CS(=O)(=O)c1ccc(Sc2ccc3scnc3c2N)cc1. The van der Waals surface area contributed by atoms with Gasteiger partial charge in [0.2, 0.25) is 0 Å². The quantitative estimate of drug-likeness (QED) is 0.742. The lowest BCUT2D eigenvalue weighted by Gasteiger charge is -2.06. The molecule has 0 saturated heterocycles. The fraction of sp³-hybridized carbons (Fsp3) is 0.0714. The molecule has 0 aliphatic carbocycles. The van der Waals surface area contributed by atoms with Crippen LogP contribution in [0.4, 0.5) is 5.69 Å². The molecule has 0 bridgehead atoms. The van der Waals surface area contributed by atoms with E-state index in [4.69, 9.17) is 5.73 Å². The van der Waals surface area contributed by atoms with Crippen molar-refractivity contribution >= 4 is 48.8 Å². The van der Waals surface area contributed by atoms with Gasteiger partial charge in [-0.2, -0.15) is 0 Å². The molecule has 0 atom stereocenters. The van der Waals surface area contributed by atoms with Gasteiger partial charge in [-0.1, -0.05) is 11.8 Å². The van der Waals surface area contributed by atoms with Crippen LogP contribution in [-0.4, -0.2) is 19.7 Å². The summed E-state index contributed by atoms with van der Waals surface area (Å²) in [6, 6.07) is 10.7. The number of rotatable bonds is 3. The Morgan fingerprint density at radius 1 is 1.14 bits per heavy atom. The number of sulfone groups is 1. The first-order valence-electron chi connectivity index (χ1n) is 6.05. The van der Waals surface area contributed by atoms with Crippen LogP contribution >= 0.6 is 23.1 Å². The molecule has 21 heavy (non-hydrogen) atoms. The molecule has 0 unspecified atom stereocenters. The molecule has 2 N–H and O–H groups in total. The van der Waals surface area contributed by atoms with Crippen molar-refractivity contribution in [2.45, 2.75) is 14.7 Å². The Morgan fingerprint density at radius 3 is 2.52 bits per heavy atom. The Labute approximate surface area is 130 Å². The summed E-state index contributed by atoms with van der Waals surface area (Å²) in [5.41, 5.74) is 9.39. The molecule has 0 saturated carbocycles. The lowest BCUT2D eigenvalue weighted by Crippen LogP contribution is -1.96. The minimum Gasteiger partial charge on any atom is -0.396 e. The Hall–Kier alpha value is -1.57. The van der Waals surface area contributed by atoms with Crippen LogP contribution in [0.5, 0.6) is 0 Å². The van der Waals surface area contributed by atoms with Gasteiger partial charge in [-0.15, -0.1) is 11.3 Å². The van der Waals surface area contributed by atoms with Gasteiger partial charge in [0.25, 0.3) is 0 Å². The molecule has 3 aromatic rings. The minimum atomic E-state index is -3.16. The normalized spacial score (nSPS) is 11.9. The number of nitrogens with two attached hydrogens (primary N) is 1. The Kier molecular flexibility index (Phi) is 3.64. The van der Waals surface area contributed by atoms with Gasteiger partial charge in [-0.3, -0.25) is 0 Å². The van der Waals surface area contributed by atoms with Gasteiger partial charge in [0.15, 0.2) is 9.84 Å². The lowest BCUT2D eigenvalue weighted by molar-refractivity contribution is 0.602. The molecule has 7 heteroatoms. The first kappa shape index (κ1) is 14.4. The van der Waals surface area contributed by atoms with Crippen molar-refractivity contribution in [2.24, 2.45) is 0 Å². The summed E-state index contributed by atoms with van der Waals surface area (Å²) in [7, 11) is -3.16. The van der Waals surface area contributed by atoms with E-state index in [9.17, 15) is 8.42 Å². The highest BCUT2D eigenvalue weighted by atomic mass is 32.2. The summed E-state index contributed by atoms with van der Waals surface area (Å²) >= 11 is 3.05. The van der Waals surface area contributed by atoms with Gasteiger partial charge in [0, 0.05) is 16.0 Å². The number of fused-ring (bicyclic) bond motifs is 1. The Bertz CT molecular complexity index is 900. The predicted octanol–water partition coefficient (Wildman–Crippen LogP) is 3.43. The van der Waals surface area contributed by atoms with Crippen molar-refractivity contribution < 1.29 is 8.42 Å². The molecule has 1 aromatic heterocycles. The van der Waals surface area contributed by atoms with Crippen LogP contribution in [0.2, 0.25) is 0 Å². The van der Waals surface area contributed by atoms with Gasteiger partial charge in [-0.05, 0) is 36.4 Å². The average molecular weight is 336 g/mol. The van der Waals surface area contributed by atoms with Crippen LogP contribution in [0.1, 0.15) is 0 Å². The monoisotopic (exact) mass is 336 g/mol. The third kappa shape index (κ3) is 2.90. The molecule has 2 aromatic carbocycles. The predicted molar refractivity (Wildman–Crippen MR) is 87.7 cm³/mol. The standard InChI is InChI=1S/C14H12N2O2S3/c1-21(17,18)10-4-2-9(3-5-10)20-11-6-7-12-14(13(11)15)16-8-19-12/h2-8H,15H2,1H3. The fourth-order valence-corrected chi connectivity index (χ4v) is 4.10. The second-order valence-corrected chi connectivity index (χ2v) is 8.54. The highest BCUT2D eigenvalue weighted by Gasteiger charge is 2.10. The highest BCUT2D eigenvalue weighted by Crippen LogP contribution is 2.37. The van der Waals surface area contributed by atoms with Crippen molar-refractivity contribution in [3.63, 3.8) is 0 Å². The topological polar surface area (TPSA) is 73.0 Å². The third-order valence-electron chi connectivity index (χ3n) is 2.98. The van der Waals surface area contributed by atoms with E-state index < -0.39 is 9.84 Å². The van der Waals surface area contributed by atoms with E-state index in [1.807, 2.05) is 12.1 Å². The molecule has 0 radical (unpaired) electrons. The van der Waals surface area contributed by atoms with E-state index in [1.54, 1.807) is 41.1 Å². The van der Waals surface area contributed by atoms with Crippen LogP contribution in [0.3, 0.4) is 0 Å². The summed E-state index contributed by atoms with van der Waals surface area (Å²) in [6.07, 6.45) is 1.20. The maximum absolute atomic E-state index is 11.4. The molecule has 108 valence electrons. The zero-order valence-corrected chi connectivity index (χ0v) is 13.6. The number of nitrogen functional groups attached to an aromatic ring is 1. The van der Waals surface area contributed by atoms with Gasteiger partial charge in [-0.25, -0.2) is 13.4 Å². The van der Waals surface area contributed by atoms with E-state index in [2.05, 4.69) is 4.98 Å². The maximum Gasteiger partial charge on any atom is 0.175 e. The fourth-order valence-electron chi connectivity index (χ4n) is 1.90. The molecule has 0 amide bonds. The van der Waals surface area contributed by atoms with Crippen molar-refractivity contribution in [3.8, 4) is 0 Å². The average Bonchev–Trinajstić information content (AvgIpc) is 2.91. The van der Waals surface area contributed by atoms with Crippen LogP contribution in [0.15, 0.2) is 56.6 Å². The largest absolute Gasteiger partial charge is 0.396 e. The van der Waals surface area contributed by atoms with Gasteiger partial charge >= 0.3 is 0 Å². The number of thiazole rings is 1. The number of aromatic nitrogens is 1. The highest BCUT2D eigenvalue weighted by molar-refractivity contribution is 7.99. The molecular formula is C14H12N2O2S3. The second kappa shape index (κ2) is 5.32. The summed E-state index contributed by atoms with van der Waals surface area (Å²) in [4.78, 5) is 6.43. The summed E-state index contributed by atoms with van der Waals surface area (Å²) in [5.74, 6) is 0. The summed E-state index contributed by atoms with van der Waals surface area (Å²) in [6.45, 7) is 0. The number of nitrogens with zero attached hydrogens (tertiary/aromatic N) is 1. The maximum atomic E-state index is 11.4. The lowest BCUT2D eigenvalue weighted by atomic mass is 10.3.